The molecule has 2 fully saturated rings. The Labute approximate surface area is 139 Å². The van der Waals surface area contributed by atoms with Gasteiger partial charge in [0.05, 0.1) is 13.2 Å². The van der Waals surface area contributed by atoms with E-state index in [1.54, 1.807) is 0 Å². The quantitative estimate of drug-likeness (QED) is 0.864. The molecule has 2 aliphatic rings. The molecule has 126 valence electrons. The van der Waals surface area contributed by atoms with E-state index in [-0.39, 0.29) is 0 Å². The van der Waals surface area contributed by atoms with Crippen molar-refractivity contribution in [2.75, 3.05) is 59.1 Å². The van der Waals surface area contributed by atoms with Crippen LogP contribution in [0.25, 0.3) is 6.08 Å². The zero-order valence-electron chi connectivity index (χ0n) is 13.8. The first kappa shape index (κ1) is 16.7. The van der Waals surface area contributed by atoms with Crippen molar-refractivity contribution < 1.29 is 9.84 Å². The third kappa shape index (κ3) is 4.88. The normalized spacial score (nSPS) is 27.0. The van der Waals surface area contributed by atoms with Gasteiger partial charge in [-0.15, -0.1) is 0 Å². The first-order chi connectivity index (χ1) is 11.3. The summed E-state index contributed by atoms with van der Waals surface area (Å²) in [5, 5.41) is 9.70. The molecule has 0 radical (unpaired) electrons. The maximum absolute atomic E-state index is 9.70. The lowest BCUT2D eigenvalue weighted by Crippen LogP contribution is -2.41. The molecule has 0 amide bonds. The highest BCUT2D eigenvalue weighted by molar-refractivity contribution is 5.48. The molecule has 2 heterocycles. The molecule has 23 heavy (non-hydrogen) atoms. The van der Waals surface area contributed by atoms with Gasteiger partial charge in [-0.25, -0.2) is 0 Å². The minimum absolute atomic E-state index is 0.300. The SMILES string of the molecule is OC[C@H]1CN(CC=Cc2ccccc2)C[C@H]1CN1CCOCC1. The third-order valence-corrected chi connectivity index (χ3v) is 4.96. The number of ether oxygens (including phenoxy) is 1. The summed E-state index contributed by atoms with van der Waals surface area (Å²) in [5.41, 5.74) is 1.25. The highest BCUT2D eigenvalue weighted by Gasteiger charge is 2.33. The Kier molecular flexibility index (Phi) is 6.22. The minimum atomic E-state index is 0.300. The molecule has 0 spiro atoms. The van der Waals surface area contributed by atoms with Gasteiger partial charge >= 0.3 is 0 Å². The van der Waals surface area contributed by atoms with Gasteiger partial charge in [-0.1, -0.05) is 42.5 Å². The van der Waals surface area contributed by atoms with E-state index in [9.17, 15) is 5.11 Å². The fourth-order valence-corrected chi connectivity index (χ4v) is 3.62. The number of rotatable bonds is 6. The summed E-state index contributed by atoms with van der Waals surface area (Å²) in [6.45, 7) is 8.20. The van der Waals surface area contributed by atoms with Crippen LogP contribution in [0.2, 0.25) is 0 Å². The highest BCUT2D eigenvalue weighted by atomic mass is 16.5. The van der Waals surface area contributed by atoms with E-state index in [2.05, 4.69) is 46.2 Å². The molecule has 0 bridgehead atoms. The maximum atomic E-state index is 9.70. The number of morpholine rings is 1. The summed E-state index contributed by atoms with van der Waals surface area (Å²) in [4.78, 5) is 4.95. The van der Waals surface area contributed by atoms with Gasteiger partial charge in [-0.2, -0.15) is 0 Å². The largest absolute Gasteiger partial charge is 0.396 e. The summed E-state index contributed by atoms with van der Waals surface area (Å²) in [6.07, 6.45) is 4.42. The third-order valence-electron chi connectivity index (χ3n) is 4.96. The minimum Gasteiger partial charge on any atom is -0.396 e. The predicted molar refractivity (Wildman–Crippen MR) is 93.2 cm³/mol. The lowest BCUT2D eigenvalue weighted by molar-refractivity contribution is 0.0265. The number of aliphatic hydroxyl groups excluding tert-OH is 1. The van der Waals surface area contributed by atoms with Crippen molar-refractivity contribution >= 4 is 6.08 Å². The zero-order valence-corrected chi connectivity index (χ0v) is 13.8. The molecular formula is C19H28N2O2. The number of hydrogen-bond donors (Lipinski definition) is 1. The van der Waals surface area contributed by atoms with Gasteiger partial charge in [0.2, 0.25) is 0 Å². The average Bonchev–Trinajstić information content (AvgIpc) is 2.98. The standard InChI is InChI=1S/C19H28N2O2/c22-16-19-15-21(8-4-7-17-5-2-1-3-6-17)14-18(19)13-20-9-11-23-12-10-20/h1-7,18-19,22H,8-16H2/t18-,19-/m1/s1. The second kappa shape index (κ2) is 8.60. The molecule has 0 unspecified atom stereocenters. The van der Waals surface area contributed by atoms with Crippen molar-refractivity contribution in [1.82, 2.24) is 9.80 Å². The summed E-state index contributed by atoms with van der Waals surface area (Å²) in [5.74, 6) is 0.978. The smallest absolute Gasteiger partial charge is 0.0594 e. The molecule has 4 heteroatoms. The van der Waals surface area contributed by atoms with Gasteiger partial charge < -0.3 is 9.84 Å². The molecule has 0 saturated carbocycles. The number of benzene rings is 1. The van der Waals surface area contributed by atoms with Gasteiger partial charge in [-0.05, 0) is 17.4 Å². The molecule has 1 N–H and O–H groups in total. The van der Waals surface area contributed by atoms with Gasteiger partial charge in [0, 0.05) is 45.9 Å². The summed E-state index contributed by atoms with van der Waals surface area (Å²) in [6, 6.07) is 10.4. The fourth-order valence-electron chi connectivity index (χ4n) is 3.62. The van der Waals surface area contributed by atoms with Gasteiger partial charge in [0.25, 0.3) is 0 Å². The van der Waals surface area contributed by atoms with E-state index in [0.29, 0.717) is 18.4 Å². The Morgan fingerprint density at radius 2 is 1.78 bits per heavy atom. The molecule has 3 rings (SSSR count). The molecule has 2 saturated heterocycles. The Balaban J connectivity index is 1.48. The summed E-state index contributed by atoms with van der Waals surface area (Å²) in [7, 11) is 0. The number of nitrogens with zero attached hydrogens (tertiary/aromatic N) is 2. The van der Waals surface area contributed by atoms with Crippen LogP contribution >= 0.6 is 0 Å². The van der Waals surface area contributed by atoms with Crippen molar-refractivity contribution in [3.8, 4) is 0 Å². The molecule has 1 aromatic rings. The van der Waals surface area contributed by atoms with Crippen molar-refractivity contribution in [2.45, 2.75) is 0 Å². The van der Waals surface area contributed by atoms with Crippen LogP contribution in [0.4, 0.5) is 0 Å². The Morgan fingerprint density at radius 1 is 1.04 bits per heavy atom. The maximum Gasteiger partial charge on any atom is 0.0594 e. The van der Waals surface area contributed by atoms with Crippen LogP contribution in [0, 0.1) is 11.8 Å². The first-order valence-electron chi connectivity index (χ1n) is 8.70. The van der Waals surface area contributed by atoms with Crippen molar-refractivity contribution in [2.24, 2.45) is 11.8 Å². The molecule has 0 aromatic heterocycles. The Morgan fingerprint density at radius 3 is 2.52 bits per heavy atom. The highest BCUT2D eigenvalue weighted by Crippen LogP contribution is 2.24. The molecule has 4 nitrogen and oxygen atoms in total. The number of aliphatic hydroxyl groups is 1. The topological polar surface area (TPSA) is 35.9 Å². The van der Waals surface area contributed by atoms with Crippen LogP contribution in [-0.2, 0) is 4.74 Å². The predicted octanol–water partition coefficient (Wildman–Crippen LogP) is 1.57. The fraction of sp³-hybridized carbons (Fsp3) is 0.579. The first-order valence-corrected chi connectivity index (χ1v) is 8.70. The lowest BCUT2D eigenvalue weighted by Gasteiger charge is -2.30. The van der Waals surface area contributed by atoms with E-state index >= 15 is 0 Å². The van der Waals surface area contributed by atoms with Crippen LogP contribution in [0.15, 0.2) is 36.4 Å². The van der Waals surface area contributed by atoms with Crippen LogP contribution in [0.1, 0.15) is 5.56 Å². The summed E-state index contributed by atoms with van der Waals surface area (Å²) >= 11 is 0. The number of hydrogen-bond acceptors (Lipinski definition) is 4. The molecular weight excluding hydrogens is 288 g/mol. The van der Waals surface area contributed by atoms with Gasteiger partial charge in [0.15, 0.2) is 0 Å². The van der Waals surface area contributed by atoms with Crippen molar-refractivity contribution in [1.29, 1.82) is 0 Å². The molecule has 1 aromatic carbocycles. The van der Waals surface area contributed by atoms with E-state index in [1.807, 2.05) is 6.07 Å². The second-order valence-electron chi connectivity index (χ2n) is 6.65. The van der Waals surface area contributed by atoms with Crippen LogP contribution in [0.5, 0.6) is 0 Å². The van der Waals surface area contributed by atoms with E-state index < -0.39 is 0 Å². The van der Waals surface area contributed by atoms with E-state index in [0.717, 1.165) is 52.5 Å². The van der Waals surface area contributed by atoms with E-state index in [1.165, 1.54) is 5.56 Å². The lowest BCUT2D eigenvalue weighted by atomic mass is 9.96. The van der Waals surface area contributed by atoms with Crippen molar-refractivity contribution in [3.63, 3.8) is 0 Å². The average molecular weight is 316 g/mol. The molecule has 2 atom stereocenters. The van der Waals surface area contributed by atoms with Gasteiger partial charge in [0.1, 0.15) is 0 Å². The molecule has 2 aliphatic heterocycles. The zero-order chi connectivity index (χ0) is 15.9. The molecule has 0 aliphatic carbocycles. The summed E-state index contributed by atoms with van der Waals surface area (Å²) < 4.78 is 5.42. The number of likely N-dealkylation sites (tertiary alicyclic amines) is 1. The van der Waals surface area contributed by atoms with Crippen molar-refractivity contribution in [3.05, 3.63) is 42.0 Å². The Hall–Kier alpha value is -1.20. The second-order valence-corrected chi connectivity index (χ2v) is 6.65. The van der Waals surface area contributed by atoms with Crippen LogP contribution < -0.4 is 0 Å². The van der Waals surface area contributed by atoms with Gasteiger partial charge in [-0.3, -0.25) is 9.80 Å². The van der Waals surface area contributed by atoms with Crippen LogP contribution in [0.3, 0.4) is 0 Å². The monoisotopic (exact) mass is 316 g/mol. The Bertz CT molecular complexity index is 485. The van der Waals surface area contributed by atoms with Crippen LogP contribution in [-0.4, -0.2) is 74.0 Å². The van der Waals surface area contributed by atoms with E-state index in [4.69, 9.17) is 4.74 Å².